The molecule has 0 heterocycles. The lowest BCUT2D eigenvalue weighted by atomic mass is 9.79. The summed E-state index contributed by atoms with van der Waals surface area (Å²) >= 11 is 0. The van der Waals surface area contributed by atoms with Crippen LogP contribution in [0.25, 0.3) is 0 Å². The average Bonchev–Trinajstić information content (AvgIpc) is 2.30. The molecule has 0 heteroatoms. The van der Waals surface area contributed by atoms with Gasteiger partial charge >= 0.3 is 0 Å². The molecule has 0 bridgehead atoms. The summed E-state index contributed by atoms with van der Waals surface area (Å²) in [5.41, 5.74) is 1.07. The van der Waals surface area contributed by atoms with Gasteiger partial charge < -0.3 is 0 Å². The zero-order valence-corrected chi connectivity index (χ0v) is 15.5. The van der Waals surface area contributed by atoms with E-state index >= 15 is 0 Å². The Hall–Kier alpha value is 0. The van der Waals surface area contributed by atoms with Gasteiger partial charge in [-0.2, -0.15) is 0 Å². The topological polar surface area (TPSA) is 0 Å². The number of unbranched alkanes of at least 4 members (excludes halogenated alkanes) is 7. The van der Waals surface area contributed by atoms with E-state index in [0.29, 0.717) is 10.8 Å². The normalized spacial score (nSPS) is 12.9. The molecule has 20 heavy (non-hydrogen) atoms. The van der Waals surface area contributed by atoms with Crippen LogP contribution in [0.4, 0.5) is 0 Å². The summed E-state index contributed by atoms with van der Waals surface area (Å²) in [6, 6.07) is 0. The van der Waals surface area contributed by atoms with E-state index in [4.69, 9.17) is 0 Å². The van der Waals surface area contributed by atoms with Crippen LogP contribution in [0.15, 0.2) is 0 Å². The molecule has 0 spiro atoms. The molecular formula is C20H42. The van der Waals surface area contributed by atoms with Gasteiger partial charge in [0, 0.05) is 0 Å². The predicted molar refractivity (Wildman–Crippen MR) is 94.3 cm³/mol. The maximum Gasteiger partial charge on any atom is -0.0354 e. The highest BCUT2D eigenvalue weighted by molar-refractivity contribution is 4.71. The molecular weight excluding hydrogens is 240 g/mol. The van der Waals surface area contributed by atoms with Crippen molar-refractivity contribution in [2.75, 3.05) is 0 Å². The van der Waals surface area contributed by atoms with E-state index in [1.165, 1.54) is 77.0 Å². The molecule has 0 unspecified atom stereocenters. The van der Waals surface area contributed by atoms with Crippen molar-refractivity contribution in [3.8, 4) is 0 Å². The van der Waals surface area contributed by atoms with Gasteiger partial charge in [0.1, 0.15) is 0 Å². The quantitative estimate of drug-likeness (QED) is 0.321. The van der Waals surface area contributed by atoms with Gasteiger partial charge in [0.05, 0.1) is 0 Å². The molecule has 0 amide bonds. The highest BCUT2D eigenvalue weighted by Crippen LogP contribution is 2.32. The second-order valence-corrected chi connectivity index (χ2v) is 8.80. The van der Waals surface area contributed by atoms with Crippen LogP contribution in [0.2, 0.25) is 0 Å². The molecule has 0 aromatic carbocycles. The molecule has 0 aromatic rings. The molecule has 0 saturated carbocycles. The Bertz CT molecular complexity index is 207. The third-order valence-corrected chi connectivity index (χ3v) is 4.49. The third-order valence-electron chi connectivity index (χ3n) is 4.49. The zero-order valence-electron chi connectivity index (χ0n) is 15.5. The predicted octanol–water partition coefficient (Wildman–Crippen LogP) is 7.76. The Balaban J connectivity index is 3.47. The van der Waals surface area contributed by atoms with E-state index in [0.717, 1.165) is 0 Å². The summed E-state index contributed by atoms with van der Waals surface area (Å²) in [5.74, 6) is 0. The standard InChI is InChI=1S/C20H42/c1-7-8-9-10-11-12-13-14-17-20(5,6)18-15-16-19(2,3)4/h7-18H2,1-6H3. The lowest BCUT2D eigenvalue weighted by Crippen LogP contribution is -2.13. The Morgan fingerprint density at radius 2 is 0.950 bits per heavy atom. The van der Waals surface area contributed by atoms with Crippen molar-refractivity contribution in [1.29, 1.82) is 0 Å². The molecule has 0 aliphatic heterocycles. The Morgan fingerprint density at radius 1 is 0.500 bits per heavy atom. The first-order valence-corrected chi connectivity index (χ1v) is 9.27. The molecule has 0 fully saturated rings. The van der Waals surface area contributed by atoms with Crippen LogP contribution in [0.5, 0.6) is 0 Å². The highest BCUT2D eigenvalue weighted by Gasteiger charge is 2.18. The third kappa shape index (κ3) is 14.4. The SMILES string of the molecule is CCCCCCCCCCC(C)(C)CCCC(C)(C)C. The smallest absolute Gasteiger partial charge is 0.0354 e. The first kappa shape index (κ1) is 20.0. The number of rotatable bonds is 12. The van der Waals surface area contributed by atoms with Crippen LogP contribution in [0.3, 0.4) is 0 Å². The van der Waals surface area contributed by atoms with Gasteiger partial charge in [-0.3, -0.25) is 0 Å². The van der Waals surface area contributed by atoms with Crippen LogP contribution >= 0.6 is 0 Å². The van der Waals surface area contributed by atoms with Crippen molar-refractivity contribution >= 4 is 0 Å². The molecule has 0 saturated heterocycles. The maximum atomic E-state index is 2.47. The lowest BCUT2D eigenvalue weighted by molar-refractivity contribution is 0.257. The van der Waals surface area contributed by atoms with Gasteiger partial charge in [-0.1, -0.05) is 99.3 Å². The van der Waals surface area contributed by atoms with Crippen LogP contribution in [-0.2, 0) is 0 Å². The van der Waals surface area contributed by atoms with E-state index in [1.807, 2.05) is 0 Å². The molecule has 0 nitrogen and oxygen atoms in total. The minimum Gasteiger partial charge on any atom is -0.0654 e. The number of hydrogen-bond acceptors (Lipinski definition) is 0. The average molecular weight is 283 g/mol. The number of hydrogen-bond donors (Lipinski definition) is 0. The lowest BCUT2D eigenvalue weighted by Gasteiger charge is -2.27. The first-order valence-electron chi connectivity index (χ1n) is 9.27. The second kappa shape index (κ2) is 10.7. The molecule has 0 aliphatic carbocycles. The molecule has 0 N–H and O–H groups in total. The second-order valence-electron chi connectivity index (χ2n) is 8.80. The van der Waals surface area contributed by atoms with Crippen molar-refractivity contribution in [2.24, 2.45) is 10.8 Å². The van der Waals surface area contributed by atoms with E-state index in [2.05, 4.69) is 41.5 Å². The van der Waals surface area contributed by atoms with Gasteiger partial charge in [0.25, 0.3) is 0 Å². The molecule has 0 rings (SSSR count). The molecule has 0 radical (unpaired) electrons. The van der Waals surface area contributed by atoms with Crippen molar-refractivity contribution in [3.05, 3.63) is 0 Å². The van der Waals surface area contributed by atoms with Crippen LogP contribution in [0.1, 0.15) is 119 Å². The summed E-state index contributed by atoms with van der Waals surface area (Å²) in [7, 11) is 0. The molecule has 122 valence electrons. The van der Waals surface area contributed by atoms with Gasteiger partial charge in [0.2, 0.25) is 0 Å². The Kier molecular flexibility index (Phi) is 10.7. The summed E-state index contributed by atoms with van der Waals surface area (Å²) in [5, 5.41) is 0. The summed E-state index contributed by atoms with van der Waals surface area (Å²) in [6.07, 6.45) is 17.1. The largest absolute Gasteiger partial charge is 0.0654 e. The zero-order chi connectivity index (χ0) is 15.5. The Morgan fingerprint density at radius 3 is 1.45 bits per heavy atom. The van der Waals surface area contributed by atoms with E-state index in [9.17, 15) is 0 Å². The van der Waals surface area contributed by atoms with Gasteiger partial charge in [-0.15, -0.1) is 0 Å². The van der Waals surface area contributed by atoms with E-state index in [-0.39, 0.29) is 0 Å². The van der Waals surface area contributed by atoms with Crippen LogP contribution in [-0.4, -0.2) is 0 Å². The maximum absolute atomic E-state index is 2.47. The van der Waals surface area contributed by atoms with Gasteiger partial charge in [-0.05, 0) is 30.1 Å². The fourth-order valence-corrected chi connectivity index (χ4v) is 2.96. The first-order chi connectivity index (χ1) is 9.27. The van der Waals surface area contributed by atoms with Crippen molar-refractivity contribution < 1.29 is 0 Å². The molecule has 0 atom stereocenters. The highest BCUT2D eigenvalue weighted by atomic mass is 14.2. The van der Waals surface area contributed by atoms with Crippen molar-refractivity contribution in [3.63, 3.8) is 0 Å². The van der Waals surface area contributed by atoms with E-state index < -0.39 is 0 Å². The van der Waals surface area contributed by atoms with E-state index in [1.54, 1.807) is 0 Å². The summed E-state index contributed by atoms with van der Waals surface area (Å²) < 4.78 is 0. The summed E-state index contributed by atoms with van der Waals surface area (Å²) in [4.78, 5) is 0. The fourth-order valence-electron chi connectivity index (χ4n) is 2.96. The van der Waals surface area contributed by atoms with Crippen LogP contribution in [0, 0.1) is 10.8 Å². The minimum atomic E-state index is 0.509. The molecule has 0 aromatic heterocycles. The summed E-state index contributed by atoms with van der Waals surface area (Å²) in [6.45, 7) is 14.3. The molecule has 0 aliphatic rings. The fraction of sp³-hybridized carbons (Fsp3) is 1.00. The van der Waals surface area contributed by atoms with Crippen LogP contribution < -0.4 is 0 Å². The van der Waals surface area contributed by atoms with Crippen molar-refractivity contribution in [1.82, 2.24) is 0 Å². The van der Waals surface area contributed by atoms with Gasteiger partial charge in [-0.25, -0.2) is 0 Å². The Labute approximate surface area is 130 Å². The minimum absolute atomic E-state index is 0.509. The monoisotopic (exact) mass is 282 g/mol. The van der Waals surface area contributed by atoms with Gasteiger partial charge in [0.15, 0.2) is 0 Å². The van der Waals surface area contributed by atoms with Crippen molar-refractivity contribution in [2.45, 2.75) is 119 Å².